The molecular formula is C6H4ClF2NO. The third kappa shape index (κ3) is 2.67. The molecule has 60 valence electrons. The Labute approximate surface area is 66.8 Å². The molecule has 1 heterocycles. The smallest absolute Gasteiger partial charge is 0.387 e. The van der Waals surface area contributed by atoms with E-state index in [0.717, 1.165) is 0 Å². The van der Waals surface area contributed by atoms with Gasteiger partial charge in [0.05, 0.1) is 0 Å². The summed E-state index contributed by atoms with van der Waals surface area (Å²) in [7, 11) is 0. The van der Waals surface area contributed by atoms with Crippen molar-refractivity contribution >= 4 is 11.6 Å². The largest absolute Gasteiger partial charge is 0.435 e. The molecule has 0 saturated heterocycles. The highest BCUT2D eigenvalue weighted by Crippen LogP contribution is 2.16. The Balaban J connectivity index is 2.71. The van der Waals surface area contributed by atoms with Crippen molar-refractivity contribution in [3.8, 4) is 5.75 Å². The molecule has 0 spiro atoms. The predicted molar refractivity (Wildman–Crippen MR) is 35.9 cm³/mol. The van der Waals surface area contributed by atoms with Gasteiger partial charge in [-0.25, -0.2) is 4.98 Å². The second-order valence-corrected chi connectivity index (χ2v) is 2.08. The summed E-state index contributed by atoms with van der Waals surface area (Å²) in [5.74, 6) is 0.0139. The Morgan fingerprint density at radius 1 is 1.55 bits per heavy atom. The first kappa shape index (κ1) is 8.20. The van der Waals surface area contributed by atoms with Gasteiger partial charge < -0.3 is 4.74 Å². The highest BCUT2D eigenvalue weighted by Gasteiger charge is 2.03. The zero-order chi connectivity index (χ0) is 8.27. The zero-order valence-corrected chi connectivity index (χ0v) is 6.05. The molecule has 0 saturated carbocycles. The van der Waals surface area contributed by atoms with E-state index >= 15 is 0 Å². The minimum atomic E-state index is -2.83. The number of aromatic nitrogens is 1. The normalized spacial score (nSPS) is 10.2. The molecule has 2 nitrogen and oxygen atoms in total. The van der Waals surface area contributed by atoms with Gasteiger partial charge in [0.25, 0.3) is 0 Å². The highest BCUT2D eigenvalue weighted by atomic mass is 35.5. The second kappa shape index (κ2) is 3.48. The van der Waals surface area contributed by atoms with Gasteiger partial charge in [0, 0.05) is 12.3 Å². The number of ether oxygens (including phenoxy) is 1. The van der Waals surface area contributed by atoms with Crippen LogP contribution in [0.2, 0.25) is 5.15 Å². The number of halogens is 3. The van der Waals surface area contributed by atoms with Crippen LogP contribution >= 0.6 is 11.6 Å². The zero-order valence-electron chi connectivity index (χ0n) is 5.30. The van der Waals surface area contributed by atoms with Gasteiger partial charge in [-0.3, -0.25) is 0 Å². The molecule has 0 aliphatic rings. The molecule has 0 aromatic carbocycles. The average molecular weight is 180 g/mol. The van der Waals surface area contributed by atoms with Crippen LogP contribution in [0, 0.1) is 0 Å². The maximum absolute atomic E-state index is 11.6. The summed E-state index contributed by atoms with van der Waals surface area (Å²) in [5.41, 5.74) is 0. The van der Waals surface area contributed by atoms with E-state index in [4.69, 9.17) is 11.6 Å². The number of hydrogen-bond donors (Lipinski definition) is 0. The fraction of sp³-hybridized carbons (Fsp3) is 0.167. The molecule has 0 unspecified atom stereocenters. The van der Waals surface area contributed by atoms with E-state index in [1.807, 2.05) is 0 Å². The van der Waals surface area contributed by atoms with Gasteiger partial charge in [0.2, 0.25) is 0 Å². The van der Waals surface area contributed by atoms with Crippen LogP contribution in [0.1, 0.15) is 0 Å². The molecule has 0 aliphatic heterocycles. The van der Waals surface area contributed by atoms with Crippen LogP contribution in [0.5, 0.6) is 5.75 Å². The summed E-state index contributed by atoms with van der Waals surface area (Å²) in [6.07, 6.45) is 1.29. The Kier molecular flexibility index (Phi) is 2.59. The molecule has 0 radical (unpaired) electrons. The van der Waals surface area contributed by atoms with E-state index in [-0.39, 0.29) is 10.9 Å². The van der Waals surface area contributed by atoms with Gasteiger partial charge in [-0.05, 0) is 6.07 Å². The Morgan fingerprint density at radius 3 is 2.82 bits per heavy atom. The van der Waals surface area contributed by atoms with E-state index in [1.54, 1.807) is 0 Å². The summed E-state index contributed by atoms with van der Waals surface area (Å²) in [5, 5.41) is 0.128. The minimum Gasteiger partial charge on any atom is -0.435 e. The summed E-state index contributed by atoms with van der Waals surface area (Å²) >= 11 is 5.39. The topological polar surface area (TPSA) is 22.1 Å². The van der Waals surface area contributed by atoms with Crippen LogP contribution in [0.25, 0.3) is 0 Å². The van der Waals surface area contributed by atoms with Crippen LogP contribution in [0.4, 0.5) is 8.78 Å². The second-order valence-electron chi connectivity index (χ2n) is 1.69. The lowest BCUT2D eigenvalue weighted by Crippen LogP contribution is -2.01. The maximum Gasteiger partial charge on any atom is 0.387 e. The van der Waals surface area contributed by atoms with Gasteiger partial charge in [0.15, 0.2) is 0 Å². The van der Waals surface area contributed by atoms with Crippen molar-refractivity contribution in [1.29, 1.82) is 0 Å². The number of hydrogen-bond acceptors (Lipinski definition) is 2. The Hall–Kier alpha value is -0.900. The summed E-state index contributed by atoms with van der Waals surface area (Å²) < 4.78 is 27.2. The van der Waals surface area contributed by atoms with Crippen molar-refractivity contribution in [3.05, 3.63) is 23.5 Å². The first-order valence-corrected chi connectivity index (χ1v) is 3.12. The summed E-state index contributed by atoms with van der Waals surface area (Å²) in [6.45, 7) is -2.83. The van der Waals surface area contributed by atoms with E-state index in [9.17, 15) is 8.78 Å². The number of nitrogens with zero attached hydrogens (tertiary/aromatic N) is 1. The molecule has 1 aromatic heterocycles. The molecular weight excluding hydrogens is 176 g/mol. The Morgan fingerprint density at radius 2 is 2.27 bits per heavy atom. The van der Waals surface area contributed by atoms with Gasteiger partial charge in [-0.15, -0.1) is 0 Å². The lowest BCUT2D eigenvalue weighted by molar-refractivity contribution is -0.0498. The molecule has 0 amide bonds. The average Bonchev–Trinajstić information content (AvgIpc) is 1.85. The molecule has 0 aliphatic carbocycles. The molecule has 5 heteroatoms. The summed E-state index contributed by atoms with van der Waals surface area (Å²) in [4.78, 5) is 3.59. The molecule has 1 rings (SSSR count). The van der Waals surface area contributed by atoms with Crippen LogP contribution in [0.3, 0.4) is 0 Å². The van der Waals surface area contributed by atoms with Crippen molar-refractivity contribution in [2.75, 3.05) is 0 Å². The molecule has 1 aromatic rings. The van der Waals surface area contributed by atoms with Crippen LogP contribution in [-0.2, 0) is 0 Å². The third-order valence-electron chi connectivity index (χ3n) is 0.923. The maximum atomic E-state index is 11.6. The highest BCUT2D eigenvalue weighted by molar-refractivity contribution is 6.29. The molecule has 0 bridgehead atoms. The van der Waals surface area contributed by atoms with Gasteiger partial charge >= 0.3 is 6.61 Å². The van der Waals surface area contributed by atoms with Crippen molar-refractivity contribution in [2.24, 2.45) is 0 Å². The minimum absolute atomic E-state index is 0.0139. The first-order chi connectivity index (χ1) is 5.18. The SMILES string of the molecule is FC(F)Oc1ccnc(Cl)c1. The first-order valence-electron chi connectivity index (χ1n) is 2.75. The molecule has 11 heavy (non-hydrogen) atoms. The lowest BCUT2D eigenvalue weighted by Gasteiger charge is -2.02. The van der Waals surface area contributed by atoms with E-state index in [0.29, 0.717) is 0 Å². The van der Waals surface area contributed by atoms with E-state index in [2.05, 4.69) is 9.72 Å². The van der Waals surface area contributed by atoms with E-state index in [1.165, 1.54) is 18.3 Å². The summed E-state index contributed by atoms with van der Waals surface area (Å²) in [6, 6.07) is 2.52. The fourth-order valence-electron chi connectivity index (χ4n) is 0.561. The number of alkyl halides is 2. The number of rotatable bonds is 2. The molecule has 0 fully saturated rings. The van der Waals surface area contributed by atoms with Crippen molar-refractivity contribution in [2.45, 2.75) is 6.61 Å². The van der Waals surface area contributed by atoms with Crippen molar-refractivity contribution < 1.29 is 13.5 Å². The fourth-order valence-corrected chi connectivity index (χ4v) is 0.725. The van der Waals surface area contributed by atoms with Gasteiger partial charge in [-0.2, -0.15) is 8.78 Å². The quantitative estimate of drug-likeness (QED) is 0.650. The van der Waals surface area contributed by atoms with Crippen molar-refractivity contribution in [1.82, 2.24) is 4.98 Å². The predicted octanol–water partition coefficient (Wildman–Crippen LogP) is 2.34. The Bertz CT molecular complexity index is 244. The molecule has 0 atom stereocenters. The van der Waals surface area contributed by atoms with Crippen LogP contribution < -0.4 is 4.74 Å². The standard InChI is InChI=1S/C6H4ClF2NO/c7-5-3-4(1-2-10-5)11-6(8)9/h1-3,6H. The van der Waals surface area contributed by atoms with Gasteiger partial charge in [0.1, 0.15) is 10.9 Å². The number of pyridine rings is 1. The van der Waals surface area contributed by atoms with Gasteiger partial charge in [-0.1, -0.05) is 11.6 Å². The molecule has 0 N–H and O–H groups in total. The van der Waals surface area contributed by atoms with Crippen LogP contribution in [0.15, 0.2) is 18.3 Å². The third-order valence-corrected chi connectivity index (χ3v) is 1.13. The van der Waals surface area contributed by atoms with Crippen LogP contribution in [-0.4, -0.2) is 11.6 Å². The van der Waals surface area contributed by atoms with Crippen molar-refractivity contribution in [3.63, 3.8) is 0 Å². The monoisotopic (exact) mass is 179 g/mol. The van der Waals surface area contributed by atoms with E-state index < -0.39 is 6.61 Å². The lowest BCUT2D eigenvalue weighted by atomic mass is 10.5.